The van der Waals surface area contributed by atoms with Gasteiger partial charge in [-0.15, -0.1) is 10.2 Å². The SMILES string of the molecule is CCC(Oc1cccc(C)c1)c1nnc(N2C(=O)N(C)CC2O)s1. The minimum atomic E-state index is -0.902. The fourth-order valence-electron chi connectivity index (χ4n) is 2.54. The van der Waals surface area contributed by atoms with E-state index in [0.717, 1.165) is 17.7 Å². The zero-order valence-corrected chi connectivity index (χ0v) is 14.7. The molecule has 0 aliphatic carbocycles. The van der Waals surface area contributed by atoms with E-state index in [1.807, 2.05) is 38.1 Å². The van der Waals surface area contributed by atoms with Crippen LogP contribution >= 0.6 is 11.3 Å². The Labute approximate surface area is 144 Å². The first kappa shape index (κ1) is 16.7. The molecule has 1 aromatic carbocycles. The molecule has 3 rings (SSSR count). The summed E-state index contributed by atoms with van der Waals surface area (Å²) in [6, 6.07) is 7.54. The summed E-state index contributed by atoms with van der Waals surface area (Å²) in [5.74, 6) is 0.774. The molecule has 2 atom stereocenters. The molecule has 24 heavy (non-hydrogen) atoms. The van der Waals surface area contributed by atoms with E-state index in [0.29, 0.717) is 10.1 Å². The molecule has 1 N–H and O–H groups in total. The Balaban J connectivity index is 1.79. The number of carbonyl (C=O) groups is 1. The van der Waals surface area contributed by atoms with Crippen LogP contribution in [0.4, 0.5) is 9.93 Å². The van der Waals surface area contributed by atoms with Crippen LogP contribution in [0.15, 0.2) is 24.3 Å². The van der Waals surface area contributed by atoms with Gasteiger partial charge in [0.15, 0.2) is 17.3 Å². The van der Waals surface area contributed by atoms with Crippen LogP contribution < -0.4 is 9.64 Å². The number of ether oxygens (including phenoxy) is 1. The number of benzene rings is 1. The molecule has 2 aromatic rings. The smallest absolute Gasteiger partial charge is 0.328 e. The molecule has 7 nitrogen and oxygen atoms in total. The highest BCUT2D eigenvalue weighted by Crippen LogP contribution is 2.32. The number of aliphatic hydroxyl groups excluding tert-OH is 1. The zero-order valence-electron chi connectivity index (χ0n) is 13.8. The number of nitrogens with zero attached hydrogens (tertiary/aromatic N) is 4. The van der Waals surface area contributed by atoms with E-state index < -0.39 is 6.23 Å². The van der Waals surface area contributed by atoms with E-state index in [9.17, 15) is 9.90 Å². The molecule has 128 valence electrons. The van der Waals surface area contributed by atoms with Crippen LogP contribution in [0.1, 0.15) is 30.0 Å². The third-order valence-corrected chi connectivity index (χ3v) is 4.83. The summed E-state index contributed by atoms with van der Waals surface area (Å²) in [4.78, 5) is 14.8. The van der Waals surface area contributed by atoms with Crippen molar-refractivity contribution >= 4 is 22.5 Å². The minimum absolute atomic E-state index is 0.245. The van der Waals surface area contributed by atoms with Gasteiger partial charge in [-0.3, -0.25) is 0 Å². The van der Waals surface area contributed by atoms with E-state index in [-0.39, 0.29) is 18.7 Å². The van der Waals surface area contributed by atoms with Gasteiger partial charge < -0.3 is 14.7 Å². The Hall–Kier alpha value is -2.19. The van der Waals surface area contributed by atoms with Crippen molar-refractivity contribution in [2.45, 2.75) is 32.6 Å². The van der Waals surface area contributed by atoms with Gasteiger partial charge in [0.25, 0.3) is 0 Å². The number of carbonyl (C=O) groups excluding carboxylic acids is 1. The second kappa shape index (κ2) is 6.74. The molecule has 1 fully saturated rings. The Bertz CT molecular complexity index is 736. The van der Waals surface area contributed by atoms with Crippen molar-refractivity contribution in [1.29, 1.82) is 0 Å². The van der Waals surface area contributed by atoms with Gasteiger partial charge in [-0.25, -0.2) is 9.69 Å². The second-order valence-corrected chi connectivity index (χ2v) is 6.76. The van der Waals surface area contributed by atoms with E-state index in [2.05, 4.69) is 10.2 Å². The molecule has 1 aliphatic rings. The molecule has 2 amide bonds. The number of urea groups is 1. The number of amides is 2. The maximum Gasteiger partial charge on any atom is 0.328 e. The number of rotatable bonds is 5. The normalized spacial score (nSPS) is 19.0. The second-order valence-electron chi connectivity index (χ2n) is 5.77. The first-order valence-corrected chi connectivity index (χ1v) is 8.60. The standard InChI is InChI=1S/C16H20N4O3S/c1-4-12(23-11-7-5-6-10(2)8-11)14-17-18-15(24-14)20-13(21)9-19(3)16(20)22/h5-8,12-13,21H,4,9H2,1-3H3. The van der Waals surface area contributed by atoms with Crippen LogP contribution in [-0.2, 0) is 0 Å². The van der Waals surface area contributed by atoms with Gasteiger partial charge in [0.2, 0.25) is 5.13 Å². The third kappa shape index (κ3) is 3.20. The maximum atomic E-state index is 12.1. The highest BCUT2D eigenvalue weighted by molar-refractivity contribution is 7.15. The molecule has 1 saturated heterocycles. The highest BCUT2D eigenvalue weighted by Gasteiger charge is 2.37. The number of β-amino-alcohol motifs (C(OH)–C–C–N with tert-alkyl or cyclic N) is 1. The van der Waals surface area contributed by atoms with E-state index in [1.54, 1.807) is 7.05 Å². The lowest BCUT2D eigenvalue weighted by Crippen LogP contribution is -2.34. The molecule has 1 aromatic heterocycles. The molecule has 8 heteroatoms. The van der Waals surface area contributed by atoms with Gasteiger partial charge in [0.05, 0.1) is 6.54 Å². The number of aliphatic hydroxyl groups is 1. The Morgan fingerprint density at radius 2 is 2.25 bits per heavy atom. The van der Waals surface area contributed by atoms with Crippen LogP contribution in [0.25, 0.3) is 0 Å². The van der Waals surface area contributed by atoms with Crippen molar-refractivity contribution in [3.05, 3.63) is 34.8 Å². The van der Waals surface area contributed by atoms with Crippen molar-refractivity contribution in [3.8, 4) is 5.75 Å². The molecule has 1 aliphatic heterocycles. The first-order chi connectivity index (χ1) is 11.5. The molecule has 0 bridgehead atoms. The van der Waals surface area contributed by atoms with Crippen molar-refractivity contribution in [2.75, 3.05) is 18.5 Å². The maximum absolute atomic E-state index is 12.1. The Morgan fingerprint density at radius 3 is 2.88 bits per heavy atom. The molecule has 2 unspecified atom stereocenters. The lowest BCUT2D eigenvalue weighted by Gasteiger charge is -2.16. The lowest BCUT2D eigenvalue weighted by atomic mass is 10.2. The lowest BCUT2D eigenvalue weighted by molar-refractivity contribution is 0.183. The quantitative estimate of drug-likeness (QED) is 0.898. The van der Waals surface area contributed by atoms with Crippen LogP contribution in [0.5, 0.6) is 5.75 Å². The molecule has 0 saturated carbocycles. The number of anilines is 1. The molecule has 0 radical (unpaired) electrons. The third-order valence-electron chi connectivity index (χ3n) is 3.82. The van der Waals surface area contributed by atoms with Crippen molar-refractivity contribution in [3.63, 3.8) is 0 Å². The largest absolute Gasteiger partial charge is 0.483 e. The average Bonchev–Trinajstić information content (AvgIpc) is 3.10. The fourth-order valence-corrected chi connectivity index (χ4v) is 3.54. The Morgan fingerprint density at radius 1 is 1.46 bits per heavy atom. The summed E-state index contributed by atoms with van der Waals surface area (Å²) in [5.41, 5.74) is 1.12. The first-order valence-electron chi connectivity index (χ1n) is 7.78. The van der Waals surface area contributed by atoms with Crippen molar-refractivity contribution in [2.24, 2.45) is 0 Å². The fraction of sp³-hybridized carbons (Fsp3) is 0.438. The summed E-state index contributed by atoms with van der Waals surface area (Å²) in [5, 5.41) is 19.3. The summed E-state index contributed by atoms with van der Waals surface area (Å²) in [7, 11) is 1.64. The van der Waals surface area contributed by atoms with Crippen molar-refractivity contribution in [1.82, 2.24) is 15.1 Å². The predicted octanol–water partition coefficient (Wildman–Crippen LogP) is 2.57. The number of hydrogen-bond donors (Lipinski definition) is 1. The van der Waals surface area contributed by atoms with E-state index >= 15 is 0 Å². The molecular formula is C16H20N4O3S. The summed E-state index contributed by atoms with van der Waals surface area (Å²) < 4.78 is 6.01. The monoisotopic (exact) mass is 348 g/mol. The van der Waals surface area contributed by atoms with Gasteiger partial charge in [0, 0.05) is 7.05 Å². The number of aryl methyl sites for hydroxylation is 1. The van der Waals surface area contributed by atoms with Crippen molar-refractivity contribution < 1.29 is 14.6 Å². The van der Waals surface area contributed by atoms with Gasteiger partial charge in [-0.2, -0.15) is 0 Å². The molecule has 2 heterocycles. The topological polar surface area (TPSA) is 78.8 Å². The summed E-state index contributed by atoms with van der Waals surface area (Å²) >= 11 is 1.27. The van der Waals surface area contributed by atoms with Crippen LogP contribution in [0.2, 0.25) is 0 Å². The van der Waals surface area contributed by atoms with E-state index in [1.165, 1.54) is 21.1 Å². The van der Waals surface area contributed by atoms with Gasteiger partial charge in [-0.1, -0.05) is 30.4 Å². The van der Waals surface area contributed by atoms with Gasteiger partial charge in [0.1, 0.15) is 5.75 Å². The minimum Gasteiger partial charge on any atom is -0.483 e. The number of hydrogen-bond acceptors (Lipinski definition) is 6. The van der Waals surface area contributed by atoms with Crippen LogP contribution in [-0.4, -0.2) is 46.1 Å². The average molecular weight is 348 g/mol. The predicted molar refractivity (Wildman–Crippen MR) is 91.3 cm³/mol. The number of likely N-dealkylation sites (N-methyl/N-ethyl adjacent to an activating group) is 1. The Kier molecular flexibility index (Phi) is 4.68. The molecular weight excluding hydrogens is 328 g/mol. The van der Waals surface area contributed by atoms with Crippen LogP contribution in [0.3, 0.4) is 0 Å². The highest BCUT2D eigenvalue weighted by atomic mass is 32.1. The van der Waals surface area contributed by atoms with Crippen LogP contribution in [0, 0.1) is 6.92 Å². The summed E-state index contributed by atoms with van der Waals surface area (Å²) in [6.07, 6.45) is -0.425. The van der Waals surface area contributed by atoms with Gasteiger partial charge in [-0.05, 0) is 31.0 Å². The molecule has 0 spiro atoms. The van der Waals surface area contributed by atoms with Gasteiger partial charge >= 0.3 is 6.03 Å². The zero-order chi connectivity index (χ0) is 17.3. The summed E-state index contributed by atoms with van der Waals surface area (Å²) in [6.45, 7) is 4.27. The van der Waals surface area contributed by atoms with E-state index in [4.69, 9.17) is 4.74 Å². The number of aromatic nitrogens is 2.